The number of para-hydroxylation sites is 1. The number of anilines is 1. The van der Waals surface area contributed by atoms with Crippen molar-refractivity contribution in [2.24, 2.45) is 5.10 Å². The van der Waals surface area contributed by atoms with Crippen molar-refractivity contribution in [1.29, 1.82) is 0 Å². The number of nitrogens with zero attached hydrogens (tertiary/aromatic N) is 1. The average molecular weight is 491 g/mol. The van der Waals surface area contributed by atoms with Crippen LogP contribution in [0.3, 0.4) is 0 Å². The second-order valence-electron chi connectivity index (χ2n) is 5.88. The summed E-state index contributed by atoms with van der Waals surface area (Å²) < 4.78 is 0.904. The third-order valence-corrected chi connectivity index (χ3v) is 4.87. The Balaban J connectivity index is 1.74. The average Bonchev–Trinajstić information content (AvgIpc) is 2.68. The molecule has 0 radical (unpaired) electrons. The maximum atomic E-state index is 12.5. The fourth-order valence-corrected chi connectivity index (χ4v) is 3.38. The molecule has 0 saturated heterocycles. The van der Waals surface area contributed by atoms with Crippen LogP contribution in [0.5, 0.6) is 0 Å². The first-order valence-electron chi connectivity index (χ1n) is 8.38. The van der Waals surface area contributed by atoms with Gasteiger partial charge in [-0.25, -0.2) is 5.43 Å². The monoisotopic (exact) mass is 489 g/mol. The highest BCUT2D eigenvalue weighted by atomic mass is 79.9. The van der Waals surface area contributed by atoms with E-state index in [1.165, 1.54) is 18.3 Å². The fourth-order valence-electron chi connectivity index (χ4n) is 2.47. The van der Waals surface area contributed by atoms with Crippen LogP contribution in [0.25, 0.3) is 0 Å². The van der Waals surface area contributed by atoms with Crippen LogP contribution >= 0.6 is 39.1 Å². The Bertz CT molecular complexity index is 1100. The summed E-state index contributed by atoms with van der Waals surface area (Å²) >= 11 is 15.3. The summed E-state index contributed by atoms with van der Waals surface area (Å²) in [4.78, 5) is 25.1. The van der Waals surface area contributed by atoms with Crippen molar-refractivity contribution in [1.82, 2.24) is 5.43 Å². The zero-order chi connectivity index (χ0) is 20.8. The highest BCUT2D eigenvalue weighted by molar-refractivity contribution is 9.10. The van der Waals surface area contributed by atoms with E-state index in [0.29, 0.717) is 10.7 Å². The van der Waals surface area contributed by atoms with Gasteiger partial charge in [0.2, 0.25) is 0 Å². The normalized spacial score (nSPS) is 10.7. The van der Waals surface area contributed by atoms with Crippen LogP contribution in [0.15, 0.2) is 76.3 Å². The number of nitrogens with one attached hydrogen (secondary N) is 2. The van der Waals surface area contributed by atoms with Crippen LogP contribution in [-0.2, 0) is 0 Å². The topological polar surface area (TPSA) is 70.6 Å². The van der Waals surface area contributed by atoms with E-state index in [1.54, 1.807) is 30.3 Å². The number of hydrogen-bond donors (Lipinski definition) is 2. The zero-order valence-corrected chi connectivity index (χ0v) is 17.9. The molecule has 0 unspecified atom stereocenters. The maximum Gasteiger partial charge on any atom is 0.273 e. The lowest BCUT2D eigenvalue weighted by Gasteiger charge is -2.11. The Morgan fingerprint density at radius 2 is 1.69 bits per heavy atom. The van der Waals surface area contributed by atoms with Gasteiger partial charge in [-0.05, 0) is 48.0 Å². The molecule has 2 N–H and O–H groups in total. The molecule has 3 aromatic rings. The van der Waals surface area contributed by atoms with E-state index in [-0.39, 0.29) is 16.1 Å². The number of benzene rings is 3. The lowest BCUT2D eigenvalue weighted by molar-refractivity contribution is 0.0956. The number of carbonyl (C=O) groups is 2. The minimum absolute atomic E-state index is 0.218. The van der Waals surface area contributed by atoms with Gasteiger partial charge >= 0.3 is 0 Å². The van der Waals surface area contributed by atoms with Crippen LogP contribution in [-0.4, -0.2) is 18.0 Å². The first kappa shape index (κ1) is 21.0. The second-order valence-corrected chi connectivity index (χ2v) is 7.64. The van der Waals surface area contributed by atoms with Crippen molar-refractivity contribution in [3.63, 3.8) is 0 Å². The zero-order valence-electron chi connectivity index (χ0n) is 14.8. The van der Waals surface area contributed by atoms with E-state index in [9.17, 15) is 9.59 Å². The van der Waals surface area contributed by atoms with E-state index in [0.717, 1.165) is 10.0 Å². The Hall–Kier alpha value is -2.67. The fraction of sp³-hybridized carbons (Fsp3) is 0. The molecule has 29 heavy (non-hydrogen) atoms. The van der Waals surface area contributed by atoms with E-state index >= 15 is 0 Å². The Kier molecular flexibility index (Phi) is 7.04. The van der Waals surface area contributed by atoms with Gasteiger partial charge in [-0.1, -0.05) is 63.4 Å². The Morgan fingerprint density at radius 3 is 2.45 bits per heavy atom. The molecule has 0 aliphatic carbocycles. The summed E-state index contributed by atoms with van der Waals surface area (Å²) in [6.07, 6.45) is 1.53. The van der Waals surface area contributed by atoms with E-state index < -0.39 is 11.8 Å². The van der Waals surface area contributed by atoms with Crippen molar-refractivity contribution >= 4 is 62.8 Å². The van der Waals surface area contributed by atoms with Gasteiger partial charge in [-0.3, -0.25) is 9.59 Å². The summed E-state index contributed by atoms with van der Waals surface area (Å²) in [6, 6.07) is 18.6. The minimum Gasteiger partial charge on any atom is -0.321 e. The first-order chi connectivity index (χ1) is 13.9. The highest BCUT2D eigenvalue weighted by Gasteiger charge is 2.15. The standard InChI is InChI=1S/C21H14BrCl2N3O2/c22-14-5-3-4-13(10-14)12-25-27-21(29)17-6-1-2-7-19(17)26-20(28)16-9-8-15(23)11-18(16)24/h1-12H,(H,26,28)(H,27,29)/b25-12-. The molecule has 2 amide bonds. The molecule has 5 nitrogen and oxygen atoms in total. The molecule has 8 heteroatoms. The van der Waals surface area contributed by atoms with Gasteiger partial charge < -0.3 is 5.32 Å². The molecule has 0 aliphatic heterocycles. The molecule has 0 heterocycles. The van der Waals surface area contributed by atoms with Gasteiger partial charge in [-0.15, -0.1) is 0 Å². The Labute approximate surface area is 185 Å². The number of hydrazone groups is 1. The molecule has 0 fully saturated rings. The third-order valence-electron chi connectivity index (χ3n) is 3.82. The lowest BCUT2D eigenvalue weighted by Crippen LogP contribution is -2.21. The summed E-state index contributed by atoms with van der Waals surface area (Å²) in [7, 11) is 0. The molecular formula is C21H14BrCl2N3O2. The van der Waals surface area contributed by atoms with Gasteiger partial charge in [0, 0.05) is 9.50 Å². The van der Waals surface area contributed by atoms with Crippen molar-refractivity contribution < 1.29 is 9.59 Å². The smallest absolute Gasteiger partial charge is 0.273 e. The molecule has 0 atom stereocenters. The van der Waals surface area contributed by atoms with Crippen molar-refractivity contribution in [2.45, 2.75) is 0 Å². The second kappa shape index (κ2) is 9.69. The van der Waals surface area contributed by atoms with E-state index in [1.807, 2.05) is 24.3 Å². The first-order valence-corrected chi connectivity index (χ1v) is 9.93. The van der Waals surface area contributed by atoms with Gasteiger partial charge in [-0.2, -0.15) is 5.10 Å². The van der Waals surface area contributed by atoms with Gasteiger partial charge in [0.1, 0.15) is 0 Å². The molecule has 0 aliphatic rings. The number of hydrogen-bond acceptors (Lipinski definition) is 3. The van der Waals surface area contributed by atoms with Gasteiger partial charge in [0.25, 0.3) is 11.8 Å². The number of halogens is 3. The molecule has 0 saturated carbocycles. The molecule has 0 spiro atoms. The van der Waals surface area contributed by atoms with Crippen molar-refractivity contribution in [3.05, 3.63) is 97.9 Å². The quantitative estimate of drug-likeness (QED) is 0.352. The van der Waals surface area contributed by atoms with Gasteiger partial charge in [0.15, 0.2) is 0 Å². The van der Waals surface area contributed by atoms with Crippen molar-refractivity contribution in [2.75, 3.05) is 5.32 Å². The van der Waals surface area contributed by atoms with Crippen LogP contribution in [0.1, 0.15) is 26.3 Å². The molecular weight excluding hydrogens is 477 g/mol. The number of rotatable bonds is 5. The van der Waals surface area contributed by atoms with Gasteiger partial charge in [0.05, 0.1) is 28.1 Å². The summed E-state index contributed by atoms with van der Waals surface area (Å²) in [6.45, 7) is 0. The van der Waals surface area contributed by atoms with E-state index in [2.05, 4.69) is 31.8 Å². The molecule has 146 valence electrons. The number of carbonyl (C=O) groups excluding carboxylic acids is 2. The highest BCUT2D eigenvalue weighted by Crippen LogP contribution is 2.23. The molecule has 3 rings (SSSR count). The molecule has 0 aromatic heterocycles. The van der Waals surface area contributed by atoms with Crippen LogP contribution in [0.2, 0.25) is 10.0 Å². The minimum atomic E-state index is -0.464. The maximum absolute atomic E-state index is 12.5. The SMILES string of the molecule is O=C(Nc1ccccc1C(=O)N/N=C\c1cccc(Br)c1)c1ccc(Cl)cc1Cl. The summed E-state index contributed by atoms with van der Waals surface area (Å²) in [5, 5.41) is 7.31. The summed E-state index contributed by atoms with van der Waals surface area (Å²) in [5.41, 5.74) is 4.12. The third kappa shape index (κ3) is 5.67. The predicted molar refractivity (Wildman–Crippen MR) is 120 cm³/mol. The largest absolute Gasteiger partial charge is 0.321 e. The Morgan fingerprint density at radius 1 is 0.897 bits per heavy atom. The van der Waals surface area contributed by atoms with Crippen molar-refractivity contribution in [3.8, 4) is 0 Å². The van der Waals surface area contributed by atoms with Crippen LogP contribution < -0.4 is 10.7 Å². The molecule has 3 aromatic carbocycles. The predicted octanol–water partition coefficient (Wildman–Crippen LogP) is 5.77. The van der Waals surface area contributed by atoms with E-state index in [4.69, 9.17) is 23.2 Å². The van der Waals surface area contributed by atoms with Crippen LogP contribution in [0.4, 0.5) is 5.69 Å². The lowest BCUT2D eigenvalue weighted by atomic mass is 10.1. The summed E-state index contributed by atoms with van der Waals surface area (Å²) in [5.74, 6) is -0.918. The number of amides is 2. The van der Waals surface area contributed by atoms with Crippen LogP contribution in [0, 0.1) is 0 Å². The molecule has 0 bridgehead atoms.